The van der Waals surface area contributed by atoms with Gasteiger partial charge in [0, 0.05) is 42.2 Å². The highest BCUT2D eigenvalue weighted by atomic mass is 79.9. The summed E-state index contributed by atoms with van der Waals surface area (Å²) in [5.41, 5.74) is 8.71. The monoisotopic (exact) mass is 802 g/mol. The second-order valence-electron chi connectivity index (χ2n) is 12.2. The number of pyridine rings is 2. The highest BCUT2D eigenvalue weighted by Crippen LogP contribution is 2.33. The zero-order chi connectivity index (χ0) is 35.6. The Labute approximate surface area is 316 Å². The van der Waals surface area contributed by atoms with Crippen LogP contribution in [-0.2, 0) is 0 Å². The van der Waals surface area contributed by atoms with Crippen LogP contribution in [0.4, 0.5) is 11.4 Å². The van der Waals surface area contributed by atoms with E-state index in [0.29, 0.717) is 55.7 Å². The maximum absolute atomic E-state index is 14.0. The number of rotatable bonds is 7. The van der Waals surface area contributed by atoms with Gasteiger partial charge in [-0.1, -0.05) is 105 Å². The summed E-state index contributed by atoms with van der Waals surface area (Å²) in [4.78, 5) is 37.8. The number of benzene rings is 6. The first kappa shape index (κ1) is 33.2. The van der Waals surface area contributed by atoms with Crippen molar-refractivity contribution in [3.63, 3.8) is 0 Å². The van der Waals surface area contributed by atoms with Crippen molar-refractivity contribution in [3.8, 4) is 33.6 Å². The molecule has 2 heterocycles. The van der Waals surface area contributed by atoms with E-state index in [2.05, 4.69) is 42.5 Å². The third-order valence-corrected chi connectivity index (χ3v) is 9.84. The molecule has 8 rings (SSSR count). The van der Waals surface area contributed by atoms with Gasteiger partial charge in [0.15, 0.2) is 0 Å². The molecule has 0 aliphatic carbocycles. The minimum absolute atomic E-state index is 0.243. The van der Waals surface area contributed by atoms with Crippen LogP contribution in [0.5, 0.6) is 0 Å². The number of nitrogens with zero attached hydrogens (tertiary/aromatic N) is 2. The van der Waals surface area contributed by atoms with Crippen LogP contribution in [0.1, 0.15) is 20.7 Å². The van der Waals surface area contributed by atoms with Crippen molar-refractivity contribution in [2.24, 2.45) is 0 Å². The number of hydrogen-bond acceptors (Lipinski definition) is 4. The van der Waals surface area contributed by atoms with Gasteiger partial charge in [-0.3, -0.25) is 9.59 Å². The smallest absolute Gasteiger partial charge is 0.256 e. The van der Waals surface area contributed by atoms with Crippen molar-refractivity contribution in [2.45, 2.75) is 0 Å². The Balaban J connectivity index is 1.25. The number of halogens is 2. The molecule has 0 bridgehead atoms. The van der Waals surface area contributed by atoms with Gasteiger partial charge in [-0.25, -0.2) is 9.97 Å². The van der Waals surface area contributed by atoms with Crippen molar-refractivity contribution < 1.29 is 9.59 Å². The molecule has 8 heteroatoms. The van der Waals surface area contributed by atoms with E-state index >= 15 is 0 Å². The van der Waals surface area contributed by atoms with Gasteiger partial charge >= 0.3 is 0 Å². The molecule has 8 aromatic rings. The van der Waals surface area contributed by atoms with Gasteiger partial charge in [-0.15, -0.1) is 0 Å². The number of carbonyl (C=O) groups excluding carboxylic acids is 2. The Bertz CT molecular complexity index is 2430. The van der Waals surface area contributed by atoms with E-state index < -0.39 is 0 Å². The molecule has 0 saturated heterocycles. The van der Waals surface area contributed by atoms with Gasteiger partial charge in [0.1, 0.15) is 0 Å². The number of hydrogen-bond donors (Lipinski definition) is 2. The first-order chi connectivity index (χ1) is 25.4. The van der Waals surface area contributed by atoms with Crippen LogP contribution in [0.15, 0.2) is 167 Å². The predicted octanol–water partition coefficient (Wildman–Crippen LogP) is 11.8. The fourth-order valence-electron chi connectivity index (χ4n) is 6.16. The van der Waals surface area contributed by atoms with E-state index in [1.165, 1.54) is 0 Å². The van der Waals surface area contributed by atoms with Crippen LogP contribution in [0.2, 0.25) is 0 Å². The highest BCUT2D eigenvalue weighted by molar-refractivity contribution is 9.10. The third kappa shape index (κ3) is 6.99. The van der Waals surface area contributed by atoms with Crippen molar-refractivity contribution in [1.29, 1.82) is 0 Å². The Morgan fingerprint density at radius 1 is 0.423 bits per heavy atom. The minimum Gasteiger partial charge on any atom is -0.322 e. The lowest BCUT2D eigenvalue weighted by Crippen LogP contribution is -2.13. The highest BCUT2D eigenvalue weighted by Gasteiger charge is 2.18. The summed E-state index contributed by atoms with van der Waals surface area (Å²) in [6.07, 6.45) is 0. The molecule has 0 unspecified atom stereocenters. The number of fused-ring (bicyclic) bond motifs is 2. The van der Waals surface area contributed by atoms with Crippen LogP contribution in [0.3, 0.4) is 0 Å². The summed E-state index contributed by atoms with van der Waals surface area (Å²) in [5, 5.41) is 7.53. The molecule has 0 atom stereocenters. The van der Waals surface area contributed by atoms with Gasteiger partial charge < -0.3 is 10.6 Å². The maximum Gasteiger partial charge on any atom is 0.256 e. The molecule has 0 radical (unpaired) electrons. The van der Waals surface area contributed by atoms with E-state index in [-0.39, 0.29) is 11.8 Å². The van der Waals surface area contributed by atoms with Gasteiger partial charge in [-0.05, 0) is 96.1 Å². The fraction of sp³-hybridized carbons (Fsp3) is 0. The van der Waals surface area contributed by atoms with E-state index in [1.807, 2.05) is 158 Å². The second kappa shape index (κ2) is 14.3. The number of aromatic nitrogens is 2. The lowest BCUT2D eigenvalue weighted by atomic mass is 9.96. The summed E-state index contributed by atoms with van der Waals surface area (Å²) in [6.45, 7) is 0. The standard InChI is InChI=1S/C44H28Br2N4O2/c45-31-13-17-33(18-14-31)47-43(51)37-25-41(27-7-3-1-4-8-27)49-39-21-11-29(23-35(37)39)30-12-22-40-36(24-30)38(26-42(50-40)28-9-5-2-6-10-28)44(52)48-34-19-15-32(46)16-20-34/h1-26H,(H,47,51)(H,48,52). The van der Waals surface area contributed by atoms with Crippen LogP contribution in [0.25, 0.3) is 55.4 Å². The van der Waals surface area contributed by atoms with Crippen molar-refractivity contribution in [2.75, 3.05) is 10.6 Å². The van der Waals surface area contributed by atoms with E-state index in [1.54, 1.807) is 0 Å². The lowest BCUT2D eigenvalue weighted by molar-refractivity contribution is 0.102. The van der Waals surface area contributed by atoms with E-state index in [0.717, 1.165) is 31.2 Å². The summed E-state index contributed by atoms with van der Waals surface area (Å²) in [6, 6.07) is 50.1. The Morgan fingerprint density at radius 3 is 1.19 bits per heavy atom. The molecule has 6 aromatic carbocycles. The van der Waals surface area contributed by atoms with E-state index in [4.69, 9.17) is 9.97 Å². The minimum atomic E-state index is -0.243. The second-order valence-corrected chi connectivity index (χ2v) is 14.1. The van der Waals surface area contributed by atoms with Gasteiger partial charge in [0.25, 0.3) is 11.8 Å². The summed E-state index contributed by atoms with van der Waals surface area (Å²) >= 11 is 6.93. The lowest BCUT2D eigenvalue weighted by Gasteiger charge is -2.14. The molecule has 2 amide bonds. The van der Waals surface area contributed by atoms with Gasteiger partial charge in [0.2, 0.25) is 0 Å². The zero-order valence-corrected chi connectivity index (χ0v) is 30.6. The molecular weight excluding hydrogens is 776 g/mol. The quantitative estimate of drug-likeness (QED) is 0.168. The largest absolute Gasteiger partial charge is 0.322 e. The zero-order valence-electron chi connectivity index (χ0n) is 27.5. The molecule has 0 aliphatic heterocycles. The number of carbonyl (C=O) groups is 2. The number of nitrogens with one attached hydrogen (secondary N) is 2. The van der Waals surface area contributed by atoms with Crippen LogP contribution in [0, 0.1) is 0 Å². The molecular formula is C44H28Br2N4O2. The van der Waals surface area contributed by atoms with Crippen LogP contribution < -0.4 is 10.6 Å². The topological polar surface area (TPSA) is 84.0 Å². The van der Waals surface area contributed by atoms with Crippen LogP contribution in [-0.4, -0.2) is 21.8 Å². The Hall–Kier alpha value is -5.96. The van der Waals surface area contributed by atoms with Gasteiger partial charge in [0.05, 0.1) is 33.5 Å². The average molecular weight is 805 g/mol. The first-order valence-electron chi connectivity index (χ1n) is 16.5. The van der Waals surface area contributed by atoms with Crippen molar-refractivity contribution in [3.05, 3.63) is 178 Å². The summed E-state index contributed by atoms with van der Waals surface area (Å²) < 4.78 is 1.85. The SMILES string of the molecule is O=C(Nc1ccc(Br)cc1)c1cc(-c2ccccc2)nc2ccc(-c3ccc4nc(-c5ccccc5)cc(C(=O)Nc5ccc(Br)cc5)c4c3)cc12. The molecule has 6 nitrogen and oxygen atoms in total. The molecule has 52 heavy (non-hydrogen) atoms. The molecule has 2 N–H and O–H groups in total. The molecule has 0 spiro atoms. The van der Waals surface area contributed by atoms with E-state index in [9.17, 15) is 9.59 Å². The Morgan fingerprint density at radius 2 is 0.808 bits per heavy atom. The predicted molar refractivity (Wildman–Crippen MR) is 218 cm³/mol. The number of amides is 2. The summed E-state index contributed by atoms with van der Waals surface area (Å²) in [5.74, 6) is -0.487. The maximum atomic E-state index is 14.0. The molecule has 0 aliphatic rings. The first-order valence-corrected chi connectivity index (χ1v) is 18.1. The number of anilines is 2. The van der Waals surface area contributed by atoms with Gasteiger partial charge in [-0.2, -0.15) is 0 Å². The van der Waals surface area contributed by atoms with Crippen LogP contribution >= 0.6 is 31.9 Å². The third-order valence-electron chi connectivity index (χ3n) is 8.78. The molecule has 0 saturated carbocycles. The van der Waals surface area contributed by atoms with Crippen molar-refractivity contribution in [1.82, 2.24) is 9.97 Å². The molecule has 250 valence electrons. The van der Waals surface area contributed by atoms with Crippen molar-refractivity contribution >= 4 is 76.9 Å². The normalized spacial score (nSPS) is 11.0. The fourth-order valence-corrected chi connectivity index (χ4v) is 6.69. The Kier molecular flexibility index (Phi) is 9.16. The average Bonchev–Trinajstić information content (AvgIpc) is 3.19. The molecule has 0 fully saturated rings. The molecule has 2 aromatic heterocycles. The summed E-state index contributed by atoms with van der Waals surface area (Å²) in [7, 11) is 0.